The van der Waals surface area contributed by atoms with Crippen LogP contribution in [0.25, 0.3) is 44.3 Å². The van der Waals surface area contributed by atoms with Gasteiger partial charge >= 0.3 is 5.97 Å². The first-order valence-electron chi connectivity index (χ1n) is 14.8. The molecule has 0 aliphatic carbocycles. The fraction of sp³-hybridized carbons (Fsp3) is 0.265. The van der Waals surface area contributed by atoms with Crippen LogP contribution in [0, 0.1) is 0 Å². The van der Waals surface area contributed by atoms with E-state index in [9.17, 15) is 19.5 Å². The monoisotopic (exact) mass is 591 g/mol. The number of carbonyl (C=O) groups is 2. The zero-order valence-electron chi connectivity index (χ0n) is 25.0. The quantitative estimate of drug-likeness (QED) is 0.199. The average molecular weight is 592 g/mol. The molecule has 44 heavy (non-hydrogen) atoms. The van der Waals surface area contributed by atoms with Crippen LogP contribution in [0.2, 0.25) is 0 Å². The average Bonchev–Trinajstić information content (AvgIpc) is 3.41. The van der Waals surface area contributed by atoms with Gasteiger partial charge in [0.15, 0.2) is 6.10 Å². The molecule has 10 heteroatoms. The number of benzene rings is 2. The second-order valence-electron chi connectivity index (χ2n) is 10.7. The zero-order valence-corrected chi connectivity index (χ0v) is 25.0. The molecule has 2 aromatic carbocycles. The summed E-state index contributed by atoms with van der Waals surface area (Å²) in [4.78, 5) is 47.2. The Balaban J connectivity index is 0.00000168. The van der Waals surface area contributed by atoms with Crippen molar-refractivity contribution in [1.29, 1.82) is 0 Å². The largest absolute Gasteiger partial charge is 0.458 e. The number of ether oxygens (including phenoxy) is 1. The van der Waals surface area contributed by atoms with Crippen molar-refractivity contribution in [3.63, 3.8) is 0 Å². The highest BCUT2D eigenvalue weighted by molar-refractivity contribution is 6.09. The molecule has 2 unspecified atom stereocenters. The number of esters is 1. The highest BCUT2D eigenvalue weighted by atomic mass is 16.5. The third kappa shape index (κ3) is 4.63. The number of anilines is 1. The van der Waals surface area contributed by atoms with E-state index in [1.165, 1.54) is 0 Å². The van der Waals surface area contributed by atoms with Crippen molar-refractivity contribution in [3.8, 4) is 22.5 Å². The van der Waals surface area contributed by atoms with Crippen molar-refractivity contribution in [2.45, 2.75) is 59.4 Å². The van der Waals surface area contributed by atoms with Crippen molar-refractivity contribution in [2.24, 2.45) is 5.73 Å². The van der Waals surface area contributed by atoms with Crippen LogP contribution in [0.5, 0.6) is 0 Å². The van der Waals surface area contributed by atoms with Gasteiger partial charge in [0, 0.05) is 39.3 Å². The van der Waals surface area contributed by atoms with E-state index in [-0.39, 0.29) is 23.6 Å². The maximum Gasteiger partial charge on any atom is 0.340 e. The Kier molecular flexibility index (Phi) is 7.48. The van der Waals surface area contributed by atoms with E-state index in [4.69, 9.17) is 20.4 Å². The number of nitrogens with zero attached hydrogens (tertiary/aromatic N) is 3. The van der Waals surface area contributed by atoms with Crippen molar-refractivity contribution in [1.82, 2.24) is 14.5 Å². The fourth-order valence-corrected chi connectivity index (χ4v) is 5.97. The van der Waals surface area contributed by atoms with Gasteiger partial charge in [0.2, 0.25) is 5.91 Å². The molecular formula is C34H33N5O5. The van der Waals surface area contributed by atoms with E-state index in [0.717, 1.165) is 44.1 Å². The topological polar surface area (TPSA) is 149 Å². The van der Waals surface area contributed by atoms with Crippen molar-refractivity contribution in [2.75, 3.05) is 5.32 Å². The molecule has 3 aromatic heterocycles. The number of aromatic nitrogens is 3. The molecule has 0 spiro atoms. The summed E-state index contributed by atoms with van der Waals surface area (Å²) in [5, 5.41) is 15.2. The molecule has 0 saturated carbocycles. The molecule has 0 saturated heterocycles. The van der Waals surface area contributed by atoms with Crippen LogP contribution in [0.3, 0.4) is 0 Å². The first kappa shape index (κ1) is 29.2. The highest BCUT2D eigenvalue weighted by Gasteiger charge is 2.34. The normalized spacial score (nSPS) is 15.5. The van der Waals surface area contributed by atoms with Gasteiger partial charge in [-0.2, -0.15) is 0 Å². The second-order valence-corrected chi connectivity index (χ2v) is 10.7. The summed E-state index contributed by atoms with van der Waals surface area (Å²) in [5.41, 5.74) is 13.3. The Morgan fingerprint density at radius 3 is 2.52 bits per heavy atom. The SMILES string of the molecule is CC.CCc1c2c(nc3ccc4ncc(-c5ccc(NC(=O)C(C)N)cc5)cc4c13)-c1cc3c(c(=O)n1C2)COC(=O)C3O. The summed E-state index contributed by atoms with van der Waals surface area (Å²) >= 11 is 0. The van der Waals surface area contributed by atoms with Crippen molar-refractivity contribution >= 4 is 39.4 Å². The number of amides is 1. The number of rotatable bonds is 4. The molecule has 2 aliphatic rings. The van der Waals surface area contributed by atoms with E-state index in [2.05, 4.69) is 18.3 Å². The summed E-state index contributed by atoms with van der Waals surface area (Å²) < 4.78 is 6.67. The number of nitrogens with two attached hydrogens (primary N) is 1. The summed E-state index contributed by atoms with van der Waals surface area (Å²) in [6.45, 7) is 7.89. The Bertz CT molecular complexity index is 2030. The second kappa shape index (κ2) is 11.3. The number of hydrogen-bond donors (Lipinski definition) is 3. The van der Waals surface area contributed by atoms with E-state index in [0.29, 0.717) is 35.6 Å². The Morgan fingerprint density at radius 2 is 1.82 bits per heavy atom. The summed E-state index contributed by atoms with van der Waals surface area (Å²) in [7, 11) is 0. The number of pyridine rings is 3. The van der Waals surface area contributed by atoms with Gasteiger partial charge in [-0.05, 0) is 60.9 Å². The number of cyclic esters (lactones) is 1. The molecule has 0 bridgehead atoms. The number of aliphatic hydroxyl groups excluding tert-OH is 1. The molecule has 2 aliphatic heterocycles. The maximum absolute atomic E-state index is 13.4. The number of aryl methyl sites for hydroxylation is 1. The van der Waals surface area contributed by atoms with Crippen LogP contribution in [-0.2, 0) is 33.9 Å². The molecule has 2 atom stereocenters. The molecule has 224 valence electrons. The van der Waals surface area contributed by atoms with Crippen LogP contribution in [0.15, 0.2) is 59.5 Å². The predicted octanol–water partition coefficient (Wildman–Crippen LogP) is 4.60. The third-order valence-corrected chi connectivity index (χ3v) is 8.15. The van der Waals surface area contributed by atoms with E-state index in [1.54, 1.807) is 17.6 Å². The summed E-state index contributed by atoms with van der Waals surface area (Å²) in [6.07, 6.45) is 1.03. The number of aliphatic hydroxyl groups is 1. The number of carbonyl (C=O) groups excluding carboxylic acids is 2. The van der Waals surface area contributed by atoms with Gasteiger partial charge in [-0.25, -0.2) is 9.78 Å². The van der Waals surface area contributed by atoms with Gasteiger partial charge in [0.1, 0.15) is 6.61 Å². The van der Waals surface area contributed by atoms with Gasteiger partial charge in [0.25, 0.3) is 5.56 Å². The molecule has 4 N–H and O–H groups in total. The van der Waals surface area contributed by atoms with Crippen LogP contribution in [-0.4, -0.2) is 37.6 Å². The van der Waals surface area contributed by atoms with Gasteiger partial charge < -0.3 is 25.5 Å². The first-order chi connectivity index (χ1) is 21.2. The first-order valence-corrected chi connectivity index (χ1v) is 14.8. The fourth-order valence-electron chi connectivity index (χ4n) is 5.97. The van der Waals surface area contributed by atoms with Crippen LogP contribution < -0.4 is 16.6 Å². The van der Waals surface area contributed by atoms with Crippen molar-refractivity contribution in [3.05, 3.63) is 87.3 Å². The van der Waals surface area contributed by atoms with Crippen LogP contribution >= 0.6 is 0 Å². The lowest BCUT2D eigenvalue weighted by atomic mass is 9.94. The van der Waals surface area contributed by atoms with E-state index < -0.39 is 18.1 Å². The van der Waals surface area contributed by atoms with Gasteiger partial charge in [0.05, 0.1) is 40.6 Å². The lowest BCUT2D eigenvalue weighted by molar-refractivity contribution is -0.157. The minimum Gasteiger partial charge on any atom is -0.458 e. The molecule has 5 heterocycles. The summed E-state index contributed by atoms with van der Waals surface area (Å²) in [5.74, 6) is -1.01. The highest BCUT2D eigenvalue weighted by Crippen LogP contribution is 2.40. The Labute approximate surface area is 253 Å². The number of hydrogen-bond acceptors (Lipinski definition) is 8. The Morgan fingerprint density at radius 1 is 1.09 bits per heavy atom. The van der Waals surface area contributed by atoms with Crippen LogP contribution in [0.4, 0.5) is 5.69 Å². The molecule has 0 fully saturated rings. The molecule has 7 rings (SSSR count). The Hall–Kier alpha value is -4.93. The maximum atomic E-state index is 13.4. The standard InChI is InChI=1S/C32H27N5O5.C2H6/c1-3-19-22-13-37-26(11-20-23(31(37)40)14-42-32(41)29(20)38)28(22)36-25-9-8-24-21(27(19)25)10-17(12-34-24)16-4-6-18(7-5-16)35-30(39)15(2)33;1-2/h4-12,15,29,38H,3,13-14,33H2,1-2H3,(H,35,39);1-2H3. The predicted molar refractivity (Wildman–Crippen MR) is 169 cm³/mol. The van der Waals surface area contributed by atoms with Crippen molar-refractivity contribution < 1.29 is 19.4 Å². The zero-order chi connectivity index (χ0) is 31.3. The molecule has 10 nitrogen and oxygen atoms in total. The molecule has 5 aromatic rings. The lowest BCUT2D eigenvalue weighted by Crippen LogP contribution is -2.32. The number of fused-ring (bicyclic) bond motifs is 7. The minimum atomic E-state index is -1.49. The van der Waals surface area contributed by atoms with Crippen LogP contribution in [0.1, 0.15) is 56.1 Å². The lowest BCUT2D eigenvalue weighted by Gasteiger charge is -2.21. The summed E-state index contributed by atoms with van der Waals surface area (Å²) in [6, 6.07) is 14.6. The minimum absolute atomic E-state index is 0.157. The molecular weight excluding hydrogens is 558 g/mol. The van der Waals surface area contributed by atoms with Gasteiger partial charge in [-0.15, -0.1) is 0 Å². The van der Waals surface area contributed by atoms with Gasteiger partial charge in [-0.1, -0.05) is 32.9 Å². The number of nitrogens with one attached hydrogen (secondary N) is 1. The molecule has 1 amide bonds. The third-order valence-electron chi connectivity index (χ3n) is 8.15. The smallest absolute Gasteiger partial charge is 0.340 e. The molecule has 0 radical (unpaired) electrons. The van der Waals surface area contributed by atoms with E-state index in [1.807, 2.05) is 56.4 Å². The van der Waals surface area contributed by atoms with E-state index >= 15 is 0 Å². The van der Waals surface area contributed by atoms with Gasteiger partial charge in [-0.3, -0.25) is 14.6 Å².